The van der Waals surface area contributed by atoms with Crippen molar-refractivity contribution in [1.29, 1.82) is 0 Å². The van der Waals surface area contributed by atoms with Gasteiger partial charge < -0.3 is 0 Å². The maximum absolute atomic E-state index is 13.5. The molecule has 6 atom stereocenters. The Hall–Kier alpha value is -1.55. The summed E-state index contributed by atoms with van der Waals surface area (Å²) in [6.07, 6.45) is 0.777. The maximum Gasteiger partial charge on any atom is 0.274 e. The normalized spacial score (nSPS) is 30.7. The van der Waals surface area contributed by atoms with Crippen LogP contribution >= 0.6 is 54.8 Å². The molecule has 2 heterocycles. The molecule has 6 nitrogen and oxygen atoms in total. The molecule has 1 aromatic heterocycles. The molecule has 0 radical (unpaired) electrons. The number of imide groups is 1. The highest BCUT2D eigenvalue weighted by atomic mass is 79.9. The average molecular weight is 601 g/mol. The van der Waals surface area contributed by atoms with Crippen LogP contribution in [-0.2, 0) is 9.59 Å². The van der Waals surface area contributed by atoms with Crippen molar-refractivity contribution < 1.29 is 19.2 Å². The van der Waals surface area contributed by atoms with Gasteiger partial charge in [-0.3, -0.25) is 19.2 Å². The summed E-state index contributed by atoms with van der Waals surface area (Å²) >= 11 is 14.8. The van der Waals surface area contributed by atoms with Gasteiger partial charge in [0.2, 0.25) is 0 Å². The number of carbonyl (C=O) groups excluding carboxylic acids is 4. The Kier molecular flexibility index (Phi) is 5.80. The molecule has 3 aliphatic rings. The molecule has 1 saturated heterocycles. The van der Waals surface area contributed by atoms with Crippen LogP contribution < -0.4 is 0 Å². The van der Waals surface area contributed by atoms with Crippen molar-refractivity contribution in [3.05, 3.63) is 57.2 Å². The molecule has 5 rings (SSSR count). The lowest BCUT2D eigenvalue weighted by molar-refractivity contribution is -0.154. The number of hydrazine groups is 1. The van der Waals surface area contributed by atoms with Crippen molar-refractivity contribution >= 4 is 78.3 Å². The number of amides is 3. The number of hydrogen-bond donors (Lipinski definition) is 0. The van der Waals surface area contributed by atoms with Gasteiger partial charge in [-0.25, -0.2) is 5.01 Å². The Morgan fingerprint density at radius 3 is 2.22 bits per heavy atom. The third kappa shape index (κ3) is 3.31. The topological polar surface area (TPSA) is 74.8 Å². The van der Waals surface area contributed by atoms with Gasteiger partial charge in [0, 0.05) is 9.65 Å². The molecule has 2 aliphatic carbocycles. The fourth-order valence-electron chi connectivity index (χ4n) is 5.23. The molecule has 10 heteroatoms. The molecule has 32 heavy (non-hydrogen) atoms. The SMILES string of the molecule is O=C(CN(C(=O)c1ccccc1Cl)N1C(=O)[C@@H]2[C@H]3C[C@@H]([C@H](Br)[C@H]3Br)[C@@H]2C1=O)c1cccs1. The van der Waals surface area contributed by atoms with Crippen LogP contribution in [0.1, 0.15) is 26.5 Å². The van der Waals surface area contributed by atoms with Gasteiger partial charge in [0.25, 0.3) is 17.7 Å². The summed E-state index contributed by atoms with van der Waals surface area (Å²) in [5.41, 5.74) is 0.130. The van der Waals surface area contributed by atoms with E-state index in [-0.39, 0.29) is 37.9 Å². The summed E-state index contributed by atoms with van der Waals surface area (Å²) < 4.78 is 0. The molecule has 3 amide bonds. The highest BCUT2D eigenvalue weighted by Crippen LogP contribution is 2.60. The van der Waals surface area contributed by atoms with E-state index in [1.807, 2.05) is 0 Å². The lowest BCUT2D eigenvalue weighted by Crippen LogP contribution is -2.52. The number of rotatable bonds is 5. The number of halogens is 3. The fourth-order valence-corrected chi connectivity index (χ4v) is 7.98. The molecule has 3 fully saturated rings. The molecule has 0 spiro atoms. The van der Waals surface area contributed by atoms with Crippen LogP contribution in [0, 0.1) is 23.7 Å². The zero-order valence-electron chi connectivity index (χ0n) is 16.5. The third-order valence-electron chi connectivity index (χ3n) is 6.63. The summed E-state index contributed by atoms with van der Waals surface area (Å²) in [7, 11) is 0. The number of alkyl halides is 2. The van der Waals surface area contributed by atoms with Crippen LogP contribution in [-0.4, -0.2) is 49.7 Å². The first-order valence-corrected chi connectivity index (χ1v) is 13.2. The van der Waals surface area contributed by atoms with Crippen LogP contribution in [0.4, 0.5) is 0 Å². The Morgan fingerprint density at radius 2 is 1.66 bits per heavy atom. The second-order valence-electron chi connectivity index (χ2n) is 8.24. The van der Waals surface area contributed by atoms with Crippen molar-refractivity contribution in [2.75, 3.05) is 6.54 Å². The van der Waals surface area contributed by atoms with Crippen molar-refractivity contribution in [2.24, 2.45) is 23.7 Å². The number of thiophene rings is 1. The van der Waals surface area contributed by atoms with Crippen molar-refractivity contribution in [2.45, 2.75) is 16.1 Å². The molecule has 2 aromatic rings. The lowest BCUT2D eigenvalue weighted by Gasteiger charge is -2.31. The predicted molar refractivity (Wildman–Crippen MR) is 127 cm³/mol. The van der Waals surface area contributed by atoms with Crippen LogP contribution in [0.25, 0.3) is 0 Å². The molecule has 2 saturated carbocycles. The molecule has 0 unspecified atom stereocenters. The van der Waals surface area contributed by atoms with Gasteiger partial charge in [-0.15, -0.1) is 11.3 Å². The maximum atomic E-state index is 13.5. The molecule has 1 aromatic carbocycles. The minimum Gasteiger partial charge on any atom is -0.291 e. The van der Waals surface area contributed by atoms with Crippen molar-refractivity contribution in [3.63, 3.8) is 0 Å². The Morgan fingerprint density at radius 1 is 1.03 bits per heavy atom. The van der Waals surface area contributed by atoms with Gasteiger partial charge in [0.1, 0.15) is 6.54 Å². The first-order valence-electron chi connectivity index (χ1n) is 10.1. The summed E-state index contributed by atoms with van der Waals surface area (Å²) in [5.74, 6) is -2.83. The Labute approximate surface area is 210 Å². The van der Waals surface area contributed by atoms with Gasteiger partial charge in [0.15, 0.2) is 5.78 Å². The van der Waals surface area contributed by atoms with Gasteiger partial charge in [-0.1, -0.05) is 61.7 Å². The van der Waals surface area contributed by atoms with E-state index in [1.165, 1.54) is 17.4 Å². The second-order valence-corrected chi connectivity index (χ2v) is 11.7. The fraction of sp³-hybridized carbons (Fsp3) is 0.364. The summed E-state index contributed by atoms with van der Waals surface area (Å²) in [5, 5.41) is 3.84. The monoisotopic (exact) mass is 598 g/mol. The smallest absolute Gasteiger partial charge is 0.274 e. The number of benzene rings is 1. The van der Waals surface area contributed by atoms with Crippen LogP contribution in [0.2, 0.25) is 5.02 Å². The molecule has 1 aliphatic heterocycles. The standard InChI is InChI=1S/C22H17Br2ClN2O4S/c23-18-11-8-12(19(18)24)17-16(11)21(30)27(22(17)31)26(9-14(28)15-6-3-7-32-15)20(29)10-4-1-2-5-13(10)25/h1-7,11-12,16-19H,8-9H2/t11-,12-,16-,17+,18+,19+/m1/s1. The van der Waals surface area contributed by atoms with Crippen LogP contribution in [0.3, 0.4) is 0 Å². The largest absolute Gasteiger partial charge is 0.291 e. The summed E-state index contributed by atoms with van der Waals surface area (Å²) in [6, 6.07) is 9.79. The number of ketones is 1. The van der Waals surface area contributed by atoms with E-state index in [0.29, 0.717) is 4.88 Å². The number of nitrogens with zero attached hydrogens (tertiary/aromatic N) is 2. The van der Waals surface area contributed by atoms with Gasteiger partial charge in [0.05, 0.1) is 27.3 Å². The number of fused-ring (bicyclic) bond motifs is 5. The minimum absolute atomic E-state index is 0.00101. The van der Waals surface area contributed by atoms with Crippen LogP contribution in [0.5, 0.6) is 0 Å². The minimum atomic E-state index is -0.652. The molecular weight excluding hydrogens is 584 g/mol. The zero-order valence-corrected chi connectivity index (χ0v) is 21.2. The van der Waals surface area contributed by atoms with Crippen molar-refractivity contribution in [3.8, 4) is 0 Å². The van der Waals surface area contributed by atoms with Gasteiger partial charge in [-0.05, 0) is 41.8 Å². The van der Waals surface area contributed by atoms with E-state index in [9.17, 15) is 19.2 Å². The first kappa shape index (κ1) is 22.3. The highest BCUT2D eigenvalue weighted by Gasteiger charge is 2.67. The third-order valence-corrected chi connectivity index (χ3v) is 11.1. The summed E-state index contributed by atoms with van der Waals surface area (Å²) in [6.45, 7) is -0.424. The van der Waals surface area contributed by atoms with E-state index in [0.717, 1.165) is 16.4 Å². The van der Waals surface area contributed by atoms with E-state index in [4.69, 9.17) is 11.6 Å². The van der Waals surface area contributed by atoms with Gasteiger partial charge >= 0.3 is 0 Å². The predicted octanol–water partition coefficient (Wildman–Crippen LogP) is 4.42. The number of Topliss-reactive ketones (excluding diaryl/α,β-unsaturated/α-hetero) is 1. The van der Waals surface area contributed by atoms with Crippen molar-refractivity contribution in [1.82, 2.24) is 10.0 Å². The highest BCUT2D eigenvalue weighted by molar-refractivity contribution is 9.12. The first-order chi connectivity index (χ1) is 15.3. The average Bonchev–Trinajstić information content (AvgIpc) is 3.53. The van der Waals surface area contributed by atoms with Gasteiger partial charge in [-0.2, -0.15) is 5.01 Å². The molecular formula is C22H17Br2ClN2O4S. The Bertz CT molecular complexity index is 1090. The molecule has 0 N–H and O–H groups in total. The summed E-state index contributed by atoms with van der Waals surface area (Å²) in [4.78, 5) is 54.0. The molecule has 166 valence electrons. The Balaban J connectivity index is 1.53. The van der Waals surface area contributed by atoms with E-state index in [2.05, 4.69) is 31.9 Å². The zero-order chi connectivity index (χ0) is 22.7. The van der Waals surface area contributed by atoms with E-state index in [1.54, 1.807) is 35.7 Å². The number of carbonyl (C=O) groups is 4. The second kappa shape index (κ2) is 8.34. The molecule has 2 bridgehead atoms. The van der Waals surface area contributed by atoms with E-state index < -0.39 is 36.1 Å². The number of hydrogen-bond acceptors (Lipinski definition) is 5. The lowest BCUT2D eigenvalue weighted by atomic mass is 9.81. The van der Waals surface area contributed by atoms with E-state index >= 15 is 0 Å². The van der Waals surface area contributed by atoms with Crippen LogP contribution in [0.15, 0.2) is 41.8 Å². The quantitative estimate of drug-likeness (QED) is 0.290.